The SMILES string of the molecule is CCC(=O)N1CSCC1C(=O)Nc1ccc2c(c1)c1ccccc1n2CC. The zero-order chi connectivity index (χ0) is 19.0. The highest BCUT2D eigenvalue weighted by Crippen LogP contribution is 2.31. The number of nitrogens with zero attached hydrogens (tertiary/aromatic N) is 2. The first-order valence-corrected chi connectivity index (χ1v) is 10.5. The van der Waals surface area contributed by atoms with Gasteiger partial charge in [-0.15, -0.1) is 11.8 Å². The number of rotatable bonds is 4. The lowest BCUT2D eigenvalue weighted by molar-refractivity contribution is -0.135. The Kier molecular flexibility index (Phi) is 4.83. The van der Waals surface area contributed by atoms with Gasteiger partial charge in [0.05, 0.1) is 5.88 Å². The number of benzene rings is 2. The number of fused-ring (bicyclic) bond motifs is 3. The Labute approximate surface area is 162 Å². The van der Waals surface area contributed by atoms with E-state index in [1.165, 1.54) is 10.9 Å². The van der Waals surface area contributed by atoms with Crippen LogP contribution in [0.1, 0.15) is 20.3 Å². The number of thioether (sulfide) groups is 1. The third-order valence-corrected chi connectivity index (χ3v) is 6.18. The monoisotopic (exact) mass is 381 g/mol. The van der Waals surface area contributed by atoms with Gasteiger partial charge in [-0.1, -0.05) is 25.1 Å². The minimum atomic E-state index is -0.393. The molecule has 0 spiro atoms. The summed E-state index contributed by atoms with van der Waals surface area (Å²) in [6.45, 7) is 4.86. The van der Waals surface area contributed by atoms with E-state index in [0.29, 0.717) is 18.1 Å². The van der Waals surface area contributed by atoms with Crippen molar-refractivity contribution in [2.24, 2.45) is 0 Å². The highest BCUT2D eigenvalue weighted by Gasteiger charge is 2.33. The molecule has 2 amide bonds. The van der Waals surface area contributed by atoms with Crippen LogP contribution in [0.2, 0.25) is 0 Å². The fourth-order valence-electron chi connectivity index (χ4n) is 3.81. The van der Waals surface area contributed by atoms with Crippen LogP contribution in [0.4, 0.5) is 5.69 Å². The van der Waals surface area contributed by atoms with Crippen LogP contribution in [-0.2, 0) is 16.1 Å². The van der Waals surface area contributed by atoms with Gasteiger partial charge in [0.2, 0.25) is 11.8 Å². The number of hydrogen-bond acceptors (Lipinski definition) is 3. The molecule has 1 unspecified atom stereocenters. The standard InChI is InChI=1S/C21H23N3O2S/c1-3-20(25)24-13-27-12-19(24)21(26)22-14-9-10-18-16(11-14)15-7-5-6-8-17(15)23(18)4-2/h5-11,19H,3-4,12-13H2,1-2H3,(H,22,26). The molecule has 1 atom stereocenters. The van der Waals surface area contributed by atoms with Crippen molar-refractivity contribution in [2.75, 3.05) is 16.9 Å². The minimum absolute atomic E-state index is 0.0293. The van der Waals surface area contributed by atoms with Crippen molar-refractivity contribution in [3.05, 3.63) is 42.5 Å². The molecule has 5 nitrogen and oxygen atoms in total. The van der Waals surface area contributed by atoms with E-state index in [1.54, 1.807) is 16.7 Å². The summed E-state index contributed by atoms with van der Waals surface area (Å²) in [5.41, 5.74) is 3.13. The molecule has 27 heavy (non-hydrogen) atoms. The number of carbonyl (C=O) groups excluding carboxylic acids is 2. The number of amides is 2. The van der Waals surface area contributed by atoms with Gasteiger partial charge in [-0.3, -0.25) is 9.59 Å². The molecule has 6 heteroatoms. The zero-order valence-electron chi connectivity index (χ0n) is 15.6. The Morgan fingerprint density at radius 2 is 1.89 bits per heavy atom. The van der Waals surface area contributed by atoms with E-state index in [0.717, 1.165) is 23.1 Å². The van der Waals surface area contributed by atoms with Crippen LogP contribution in [0.25, 0.3) is 21.8 Å². The molecule has 1 fully saturated rings. The molecule has 1 aromatic heterocycles. The normalized spacial score (nSPS) is 17.0. The molecule has 0 radical (unpaired) electrons. The van der Waals surface area contributed by atoms with Gasteiger partial charge in [-0.25, -0.2) is 0 Å². The summed E-state index contributed by atoms with van der Waals surface area (Å²) in [5, 5.41) is 5.34. The van der Waals surface area contributed by atoms with Gasteiger partial charge in [0.1, 0.15) is 6.04 Å². The number of anilines is 1. The van der Waals surface area contributed by atoms with Gasteiger partial charge < -0.3 is 14.8 Å². The van der Waals surface area contributed by atoms with Crippen LogP contribution < -0.4 is 5.32 Å². The Hall–Kier alpha value is -2.47. The molecular formula is C21H23N3O2S. The summed E-state index contributed by atoms with van der Waals surface area (Å²) in [4.78, 5) is 26.5. The van der Waals surface area contributed by atoms with E-state index in [2.05, 4.69) is 35.0 Å². The van der Waals surface area contributed by atoms with Gasteiger partial charge in [0.25, 0.3) is 0 Å². The fourth-order valence-corrected chi connectivity index (χ4v) is 4.99. The minimum Gasteiger partial charge on any atom is -0.341 e. The average molecular weight is 382 g/mol. The predicted molar refractivity (Wildman–Crippen MR) is 112 cm³/mol. The van der Waals surface area contributed by atoms with Crippen molar-refractivity contribution in [2.45, 2.75) is 32.9 Å². The molecule has 1 N–H and O–H groups in total. The smallest absolute Gasteiger partial charge is 0.248 e. The summed E-state index contributed by atoms with van der Waals surface area (Å²) < 4.78 is 2.28. The van der Waals surface area contributed by atoms with E-state index < -0.39 is 6.04 Å². The maximum atomic E-state index is 12.8. The third-order valence-electron chi connectivity index (χ3n) is 5.16. The molecule has 0 saturated carbocycles. The maximum absolute atomic E-state index is 12.8. The van der Waals surface area contributed by atoms with E-state index in [9.17, 15) is 9.59 Å². The molecule has 0 aliphatic carbocycles. The Morgan fingerprint density at radius 1 is 1.11 bits per heavy atom. The van der Waals surface area contributed by atoms with Crippen LogP contribution in [0.3, 0.4) is 0 Å². The molecular weight excluding hydrogens is 358 g/mol. The molecule has 1 aliphatic heterocycles. The zero-order valence-corrected chi connectivity index (χ0v) is 16.4. The van der Waals surface area contributed by atoms with Crippen LogP contribution in [-0.4, -0.2) is 39.0 Å². The topological polar surface area (TPSA) is 54.3 Å². The van der Waals surface area contributed by atoms with Crippen LogP contribution in [0.15, 0.2) is 42.5 Å². The maximum Gasteiger partial charge on any atom is 0.248 e. The van der Waals surface area contributed by atoms with Gasteiger partial charge in [0.15, 0.2) is 0 Å². The number of para-hydroxylation sites is 1. The van der Waals surface area contributed by atoms with Crippen LogP contribution >= 0.6 is 11.8 Å². The Morgan fingerprint density at radius 3 is 2.67 bits per heavy atom. The number of hydrogen-bond donors (Lipinski definition) is 1. The molecule has 1 aliphatic rings. The highest BCUT2D eigenvalue weighted by atomic mass is 32.2. The quantitative estimate of drug-likeness (QED) is 0.741. The lowest BCUT2D eigenvalue weighted by Gasteiger charge is -2.22. The highest BCUT2D eigenvalue weighted by molar-refractivity contribution is 7.99. The van der Waals surface area contributed by atoms with Crippen molar-refractivity contribution in [1.29, 1.82) is 0 Å². The first kappa shape index (κ1) is 17.9. The van der Waals surface area contributed by atoms with Crippen LogP contribution in [0.5, 0.6) is 0 Å². The van der Waals surface area contributed by atoms with Crippen LogP contribution in [0, 0.1) is 0 Å². The van der Waals surface area contributed by atoms with Crippen molar-refractivity contribution >= 4 is 51.1 Å². The van der Waals surface area contributed by atoms with E-state index in [1.807, 2.05) is 31.2 Å². The summed E-state index contributed by atoms with van der Waals surface area (Å²) in [7, 11) is 0. The fraction of sp³-hybridized carbons (Fsp3) is 0.333. The van der Waals surface area contributed by atoms with Crippen molar-refractivity contribution in [3.8, 4) is 0 Å². The van der Waals surface area contributed by atoms with Crippen molar-refractivity contribution in [1.82, 2.24) is 9.47 Å². The molecule has 0 bridgehead atoms. The van der Waals surface area contributed by atoms with E-state index in [-0.39, 0.29) is 11.8 Å². The lowest BCUT2D eigenvalue weighted by atomic mass is 10.1. The molecule has 2 heterocycles. The second-order valence-corrected chi connectivity index (χ2v) is 7.72. The second kappa shape index (κ2) is 7.27. The Balaban J connectivity index is 1.66. The van der Waals surface area contributed by atoms with Gasteiger partial charge >= 0.3 is 0 Å². The van der Waals surface area contributed by atoms with Crippen molar-refractivity contribution in [3.63, 3.8) is 0 Å². The molecule has 140 valence electrons. The third kappa shape index (κ3) is 3.08. The van der Waals surface area contributed by atoms with E-state index >= 15 is 0 Å². The molecule has 2 aromatic carbocycles. The van der Waals surface area contributed by atoms with Crippen molar-refractivity contribution < 1.29 is 9.59 Å². The number of carbonyl (C=O) groups is 2. The Bertz CT molecular complexity index is 1030. The summed E-state index contributed by atoms with van der Waals surface area (Å²) in [6, 6.07) is 14.0. The number of nitrogens with one attached hydrogen (secondary N) is 1. The van der Waals surface area contributed by atoms with Gasteiger partial charge in [-0.05, 0) is 31.2 Å². The molecule has 3 aromatic rings. The first-order chi connectivity index (χ1) is 13.1. The predicted octanol–water partition coefficient (Wildman–Crippen LogP) is 4.06. The van der Waals surface area contributed by atoms with Gasteiger partial charge in [0, 0.05) is 46.2 Å². The number of aromatic nitrogens is 1. The number of aryl methyl sites for hydroxylation is 1. The summed E-state index contributed by atoms with van der Waals surface area (Å²) >= 11 is 1.62. The molecule has 4 rings (SSSR count). The second-order valence-electron chi connectivity index (χ2n) is 6.72. The first-order valence-electron chi connectivity index (χ1n) is 9.33. The molecule has 1 saturated heterocycles. The van der Waals surface area contributed by atoms with Gasteiger partial charge in [-0.2, -0.15) is 0 Å². The summed E-state index contributed by atoms with van der Waals surface area (Å²) in [6.07, 6.45) is 0.423. The lowest BCUT2D eigenvalue weighted by Crippen LogP contribution is -2.44. The average Bonchev–Trinajstić information content (AvgIpc) is 3.30. The largest absolute Gasteiger partial charge is 0.341 e. The summed E-state index contributed by atoms with van der Waals surface area (Å²) in [5.74, 6) is 1.16. The van der Waals surface area contributed by atoms with E-state index in [4.69, 9.17) is 0 Å².